The number of carbonyl (C=O) groups excluding carboxylic acids is 1. The summed E-state index contributed by atoms with van der Waals surface area (Å²) in [7, 11) is 1.38. The molecule has 1 aromatic rings. The van der Waals surface area contributed by atoms with Gasteiger partial charge < -0.3 is 15.2 Å². The minimum Gasteiger partial charge on any atom is -0.490 e. The molecule has 1 heterocycles. The van der Waals surface area contributed by atoms with Gasteiger partial charge in [0, 0.05) is 10.5 Å². The number of fused-ring (bicyclic) bond motifs is 2. The molecule has 0 spiro atoms. The summed E-state index contributed by atoms with van der Waals surface area (Å²) in [6.07, 6.45) is 4.86. The quantitative estimate of drug-likeness (QED) is 0.805. The molecule has 0 saturated carbocycles. The molecule has 4 nitrogen and oxygen atoms in total. The molecular formula is C15H15NO3S. The molecule has 20 heavy (non-hydrogen) atoms. The van der Waals surface area contributed by atoms with Crippen molar-refractivity contribution < 1.29 is 14.3 Å². The van der Waals surface area contributed by atoms with Crippen LogP contribution in [0.5, 0.6) is 0 Å². The lowest BCUT2D eigenvalue weighted by molar-refractivity contribution is 0.0600. The molecule has 1 atom stereocenters. The fourth-order valence-electron chi connectivity index (χ4n) is 2.33. The van der Waals surface area contributed by atoms with Crippen molar-refractivity contribution in [2.75, 3.05) is 7.11 Å². The Kier molecular flexibility index (Phi) is 3.44. The number of benzene rings is 1. The van der Waals surface area contributed by atoms with E-state index in [-0.39, 0.29) is 11.2 Å². The third kappa shape index (κ3) is 2.29. The zero-order valence-corrected chi connectivity index (χ0v) is 11.9. The van der Waals surface area contributed by atoms with E-state index < -0.39 is 0 Å². The third-order valence-electron chi connectivity index (χ3n) is 3.36. The van der Waals surface area contributed by atoms with E-state index in [1.54, 1.807) is 17.8 Å². The molecular weight excluding hydrogens is 274 g/mol. The minimum atomic E-state index is -0.333. The molecule has 1 aliphatic carbocycles. The van der Waals surface area contributed by atoms with Crippen LogP contribution in [0.3, 0.4) is 0 Å². The van der Waals surface area contributed by atoms with Crippen molar-refractivity contribution >= 4 is 17.7 Å². The molecule has 5 heteroatoms. The van der Waals surface area contributed by atoms with Crippen molar-refractivity contribution in [2.24, 2.45) is 5.73 Å². The van der Waals surface area contributed by atoms with Crippen LogP contribution in [0.1, 0.15) is 22.3 Å². The van der Waals surface area contributed by atoms with E-state index in [9.17, 15) is 4.79 Å². The number of allylic oxidation sites excluding steroid dienone is 2. The molecule has 1 unspecified atom stereocenters. The highest BCUT2D eigenvalue weighted by Crippen LogP contribution is 2.39. The number of hydrogen-bond donors (Lipinski definition) is 1. The zero-order valence-electron chi connectivity index (χ0n) is 11.1. The van der Waals surface area contributed by atoms with E-state index in [2.05, 4.69) is 6.08 Å². The van der Waals surface area contributed by atoms with Crippen LogP contribution in [-0.4, -0.2) is 18.3 Å². The van der Waals surface area contributed by atoms with Gasteiger partial charge in [0.15, 0.2) is 0 Å². The molecule has 0 aromatic heterocycles. The lowest BCUT2D eigenvalue weighted by atomic mass is 10.1. The topological polar surface area (TPSA) is 61.5 Å². The Balaban J connectivity index is 1.95. The van der Waals surface area contributed by atoms with Crippen LogP contribution in [0.2, 0.25) is 0 Å². The zero-order chi connectivity index (χ0) is 14.1. The van der Waals surface area contributed by atoms with Crippen molar-refractivity contribution in [3.8, 4) is 0 Å². The van der Waals surface area contributed by atoms with Gasteiger partial charge in [-0.2, -0.15) is 0 Å². The Hall–Kier alpha value is -1.88. The Morgan fingerprint density at radius 1 is 1.50 bits per heavy atom. The summed E-state index contributed by atoms with van der Waals surface area (Å²) in [5.41, 5.74) is 8.20. The first-order valence-electron chi connectivity index (χ1n) is 6.36. The molecule has 1 aromatic carbocycles. The second kappa shape index (κ2) is 5.25. The maximum Gasteiger partial charge on any atom is 0.337 e. The Bertz CT molecular complexity index is 622. The van der Waals surface area contributed by atoms with Gasteiger partial charge in [0.1, 0.15) is 12.4 Å². The number of thioether (sulfide) groups is 1. The van der Waals surface area contributed by atoms with Crippen LogP contribution in [0.25, 0.3) is 0 Å². The van der Waals surface area contributed by atoms with Crippen molar-refractivity contribution in [2.45, 2.75) is 23.2 Å². The monoisotopic (exact) mass is 289 g/mol. The molecule has 2 aliphatic rings. The van der Waals surface area contributed by atoms with Gasteiger partial charge in [0.2, 0.25) is 0 Å². The third-order valence-corrected chi connectivity index (χ3v) is 4.70. The van der Waals surface area contributed by atoms with Crippen LogP contribution in [-0.2, 0) is 16.1 Å². The number of hydrogen-bond acceptors (Lipinski definition) is 5. The summed E-state index contributed by atoms with van der Waals surface area (Å²) in [4.78, 5) is 12.7. The molecule has 0 radical (unpaired) electrons. The lowest BCUT2D eigenvalue weighted by Crippen LogP contribution is -2.16. The molecule has 0 fully saturated rings. The fourth-order valence-corrected chi connectivity index (χ4v) is 3.57. The SMILES string of the molecule is COC(=O)c1ccc2c(c1)COC1=C(N)C=CCC1S2. The van der Waals surface area contributed by atoms with Crippen LogP contribution in [0.4, 0.5) is 0 Å². The number of methoxy groups -OCH3 is 1. The second-order valence-electron chi connectivity index (χ2n) is 4.67. The van der Waals surface area contributed by atoms with E-state index in [4.69, 9.17) is 15.2 Å². The maximum absolute atomic E-state index is 11.6. The summed E-state index contributed by atoms with van der Waals surface area (Å²) in [6.45, 7) is 0.424. The standard InChI is InChI=1S/C15H15NO3S/c1-18-15(17)9-5-6-12-10(7-9)8-19-14-11(16)3-2-4-13(14)20-12/h2-3,5-7,13H,4,8,16H2,1H3. The number of carbonyl (C=O) groups is 1. The van der Waals surface area contributed by atoms with Crippen molar-refractivity contribution in [1.29, 1.82) is 0 Å². The molecule has 104 valence electrons. The normalized spacial score (nSPS) is 20.6. The minimum absolute atomic E-state index is 0.213. The van der Waals surface area contributed by atoms with Crippen LogP contribution in [0, 0.1) is 0 Å². The molecule has 3 rings (SSSR count). The summed E-state index contributed by atoms with van der Waals surface area (Å²) in [6, 6.07) is 5.57. The summed E-state index contributed by atoms with van der Waals surface area (Å²) in [5, 5.41) is 0.213. The highest BCUT2D eigenvalue weighted by Gasteiger charge is 2.26. The average molecular weight is 289 g/mol. The van der Waals surface area contributed by atoms with Gasteiger partial charge in [-0.3, -0.25) is 0 Å². The van der Waals surface area contributed by atoms with Gasteiger partial charge >= 0.3 is 5.97 Å². The van der Waals surface area contributed by atoms with Gasteiger partial charge in [-0.1, -0.05) is 6.08 Å². The van der Waals surface area contributed by atoms with Gasteiger partial charge in [0.05, 0.1) is 23.6 Å². The first kappa shape index (κ1) is 13.1. The van der Waals surface area contributed by atoms with Crippen molar-refractivity contribution in [3.05, 3.63) is 52.9 Å². The van der Waals surface area contributed by atoms with Crippen LogP contribution in [0.15, 0.2) is 46.7 Å². The summed E-state index contributed by atoms with van der Waals surface area (Å²) in [5.74, 6) is 0.508. The molecule has 0 saturated heterocycles. The number of esters is 1. The van der Waals surface area contributed by atoms with E-state index in [1.807, 2.05) is 18.2 Å². The highest BCUT2D eigenvalue weighted by atomic mass is 32.2. The smallest absolute Gasteiger partial charge is 0.337 e. The summed E-state index contributed by atoms with van der Waals surface area (Å²) < 4.78 is 10.6. The molecule has 0 bridgehead atoms. The van der Waals surface area contributed by atoms with Crippen LogP contribution < -0.4 is 5.73 Å². The Morgan fingerprint density at radius 3 is 3.15 bits per heavy atom. The Labute approximate surface area is 121 Å². The van der Waals surface area contributed by atoms with Gasteiger partial charge in [-0.15, -0.1) is 11.8 Å². The first-order chi connectivity index (χ1) is 9.69. The van der Waals surface area contributed by atoms with E-state index >= 15 is 0 Å². The van der Waals surface area contributed by atoms with Crippen molar-refractivity contribution in [3.63, 3.8) is 0 Å². The van der Waals surface area contributed by atoms with Gasteiger partial charge in [0.25, 0.3) is 0 Å². The van der Waals surface area contributed by atoms with E-state index in [0.29, 0.717) is 17.9 Å². The largest absolute Gasteiger partial charge is 0.490 e. The highest BCUT2D eigenvalue weighted by molar-refractivity contribution is 8.00. The number of ether oxygens (including phenoxy) is 2. The lowest BCUT2D eigenvalue weighted by Gasteiger charge is -2.20. The van der Waals surface area contributed by atoms with Crippen molar-refractivity contribution in [1.82, 2.24) is 0 Å². The van der Waals surface area contributed by atoms with Gasteiger partial charge in [-0.25, -0.2) is 4.79 Å². The molecule has 1 aliphatic heterocycles. The molecule has 0 amide bonds. The summed E-state index contributed by atoms with van der Waals surface area (Å²) >= 11 is 1.73. The number of nitrogens with two attached hydrogens (primary N) is 1. The predicted molar refractivity (Wildman–Crippen MR) is 77.2 cm³/mol. The van der Waals surface area contributed by atoms with Crippen LogP contribution >= 0.6 is 11.8 Å². The van der Waals surface area contributed by atoms with Gasteiger partial charge in [-0.05, 0) is 30.7 Å². The first-order valence-corrected chi connectivity index (χ1v) is 7.24. The van der Waals surface area contributed by atoms with E-state index in [0.717, 1.165) is 22.6 Å². The second-order valence-corrected chi connectivity index (χ2v) is 5.91. The molecule has 2 N–H and O–H groups in total. The fraction of sp³-hybridized carbons (Fsp3) is 0.267. The Morgan fingerprint density at radius 2 is 2.35 bits per heavy atom. The number of rotatable bonds is 1. The predicted octanol–water partition coefficient (Wildman–Crippen LogP) is 2.59. The maximum atomic E-state index is 11.6. The van der Waals surface area contributed by atoms with E-state index in [1.165, 1.54) is 7.11 Å². The average Bonchev–Trinajstić information content (AvgIpc) is 2.65.